The van der Waals surface area contributed by atoms with E-state index < -0.39 is 25.7 Å². The summed E-state index contributed by atoms with van der Waals surface area (Å²) < 4.78 is 16.1. The maximum atomic E-state index is 11.5. The van der Waals surface area contributed by atoms with Gasteiger partial charge in [-0.05, 0) is 13.3 Å². The summed E-state index contributed by atoms with van der Waals surface area (Å²) in [7, 11) is -3.90. The van der Waals surface area contributed by atoms with E-state index in [9.17, 15) is 14.3 Å². The van der Waals surface area contributed by atoms with Gasteiger partial charge in [0.2, 0.25) is 0 Å². The van der Waals surface area contributed by atoms with E-state index >= 15 is 0 Å². The number of carboxylic acid groups (broad SMARTS) is 1. The number of nitrogens with two attached hydrogens (primary N) is 1. The molecule has 7 heteroatoms. The van der Waals surface area contributed by atoms with Crippen LogP contribution in [0.3, 0.4) is 0 Å². The minimum absolute atomic E-state index is 0.374. The molecule has 0 fully saturated rings. The van der Waals surface area contributed by atoms with Crippen molar-refractivity contribution in [3.8, 4) is 0 Å². The third-order valence-electron chi connectivity index (χ3n) is 2.04. The van der Waals surface area contributed by atoms with Gasteiger partial charge in [-0.3, -0.25) is 13.9 Å². The quantitative estimate of drug-likeness (QED) is 0.445. The number of rotatable bonds is 8. The summed E-state index contributed by atoms with van der Waals surface area (Å²) in [6, 6.07) is 0. The fourth-order valence-electron chi connectivity index (χ4n) is 1.32. The summed E-state index contributed by atoms with van der Waals surface area (Å²) in [4.78, 5) is 20.2. The standard InChI is InChI=1S/C9H20NO5P/c1-3-4-5-8(9(11)12)6-16(13,14)15-7(2)10/h7-8H,3-6,10H2,1-2H3,(H,11,12)(H,13,14). The first-order valence-corrected chi connectivity index (χ1v) is 7.03. The third-order valence-corrected chi connectivity index (χ3v) is 3.60. The molecule has 3 unspecified atom stereocenters. The summed E-state index contributed by atoms with van der Waals surface area (Å²) >= 11 is 0. The molecule has 3 atom stereocenters. The molecule has 0 radical (unpaired) electrons. The normalized spacial score (nSPS) is 18.8. The maximum absolute atomic E-state index is 11.5. The molecule has 0 spiro atoms. The zero-order valence-corrected chi connectivity index (χ0v) is 10.5. The van der Waals surface area contributed by atoms with Crippen LogP contribution in [0.2, 0.25) is 0 Å². The maximum Gasteiger partial charge on any atom is 0.330 e. The van der Waals surface area contributed by atoms with Gasteiger partial charge < -0.3 is 15.7 Å². The van der Waals surface area contributed by atoms with Crippen LogP contribution in [-0.2, 0) is 13.9 Å². The summed E-state index contributed by atoms with van der Waals surface area (Å²) in [5.74, 6) is -1.93. The van der Waals surface area contributed by atoms with Crippen molar-refractivity contribution in [1.82, 2.24) is 0 Å². The van der Waals surface area contributed by atoms with Crippen LogP contribution in [0.5, 0.6) is 0 Å². The topological polar surface area (TPSA) is 110 Å². The van der Waals surface area contributed by atoms with Crippen molar-refractivity contribution in [2.24, 2.45) is 11.7 Å². The fourth-order valence-corrected chi connectivity index (χ4v) is 2.83. The molecule has 0 aromatic heterocycles. The molecular formula is C9H20NO5P. The highest BCUT2D eigenvalue weighted by atomic mass is 31.2. The lowest BCUT2D eigenvalue weighted by atomic mass is 10.1. The van der Waals surface area contributed by atoms with Crippen LogP contribution in [0.25, 0.3) is 0 Å². The average molecular weight is 253 g/mol. The second-order valence-electron chi connectivity index (χ2n) is 3.81. The number of aliphatic carboxylic acids is 1. The van der Waals surface area contributed by atoms with Crippen LogP contribution < -0.4 is 5.73 Å². The first-order valence-electron chi connectivity index (χ1n) is 5.27. The summed E-state index contributed by atoms with van der Waals surface area (Å²) in [5.41, 5.74) is 5.23. The van der Waals surface area contributed by atoms with E-state index in [0.717, 1.165) is 6.42 Å². The van der Waals surface area contributed by atoms with Gasteiger partial charge in [0.05, 0.1) is 12.1 Å². The van der Waals surface area contributed by atoms with Crippen LogP contribution in [0, 0.1) is 5.92 Å². The average Bonchev–Trinajstić information content (AvgIpc) is 2.09. The number of unbranched alkanes of at least 4 members (excludes halogenated alkanes) is 1. The highest BCUT2D eigenvalue weighted by Gasteiger charge is 2.30. The van der Waals surface area contributed by atoms with E-state index in [0.29, 0.717) is 12.8 Å². The van der Waals surface area contributed by atoms with Crippen molar-refractivity contribution in [2.45, 2.75) is 39.3 Å². The predicted octanol–water partition coefficient (Wildman–Crippen LogP) is 1.38. The zero-order valence-electron chi connectivity index (χ0n) is 9.63. The van der Waals surface area contributed by atoms with Crippen LogP contribution in [0.15, 0.2) is 0 Å². The molecule has 0 rings (SSSR count). The first kappa shape index (κ1) is 15.6. The smallest absolute Gasteiger partial charge is 0.330 e. The molecular weight excluding hydrogens is 233 g/mol. The van der Waals surface area contributed by atoms with Gasteiger partial charge in [-0.15, -0.1) is 0 Å². The molecule has 0 aliphatic heterocycles. The zero-order chi connectivity index (χ0) is 12.8. The monoisotopic (exact) mass is 253 g/mol. The Labute approximate surface area is 95.3 Å². The Hall–Kier alpha value is -0.420. The van der Waals surface area contributed by atoms with Crippen molar-refractivity contribution < 1.29 is 23.9 Å². The van der Waals surface area contributed by atoms with E-state index in [4.69, 9.17) is 10.8 Å². The van der Waals surface area contributed by atoms with Gasteiger partial charge in [0.15, 0.2) is 0 Å². The van der Waals surface area contributed by atoms with Crippen LogP contribution in [-0.4, -0.2) is 28.4 Å². The minimum atomic E-state index is -3.90. The van der Waals surface area contributed by atoms with E-state index in [1.54, 1.807) is 0 Å². The highest BCUT2D eigenvalue weighted by molar-refractivity contribution is 7.52. The molecule has 16 heavy (non-hydrogen) atoms. The van der Waals surface area contributed by atoms with Crippen molar-refractivity contribution >= 4 is 13.6 Å². The molecule has 0 heterocycles. The van der Waals surface area contributed by atoms with Gasteiger partial charge in [-0.2, -0.15) is 0 Å². The molecule has 0 aromatic rings. The number of carbonyl (C=O) groups is 1. The van der Waals surface area contributed by atoms with Crippen molar-refractivity contribution in [3.05, 3.63) is 0 Å². The van der Waals surface area contributed by atoms with Gasteiger partial charge in [0.25, 0.3) is 0 Å². The van der Waals surface area contributed by atoms with E-state index in [1.165, 1.54) is 6.92 Å². The second-order valence-corrected chi connectivity index (χ2v) is 5.66. The molecule has 0 aliphatic rings. The second kappa shape index (κ2) is 7.01. The van der Waals surface area contributed by atoms with Gasteiger partial charge >= 0.3 is 13.6 Å². The predicted molar refractivity (Wildman–Crippen MR) is 60.1 cm³/mol. The molecule has 0 saturated carbocycles. The molecule has 0 aliphatic carbocycles. The molecule has 96 valence electrons. The third kappa shape index (κ3) is 6.95. The lowest BCUT2D eigenvalue weighted by Gasteiger charge is -2.18. The van der Waals surface area contributed by atoms with Crippen molar-refractivity contribution in [2.75, 3.05) is 6.16 Å². The van der Waals surface area contributed by atoms with Gasteiger partial charge in [-0.25, -0.2) is 0 Å². The van der Waals surface area contributed by atoms with Crippen LogP contribution in [0.1, 0.15) is 33.1 Å². The van der Waals surface area contributed by atoms with Gasteiger partial charge in [-0.1, -0.05) is 19.8 Å². The number of hydrogen-bond acceptors (Lipinski definition) is 4. The van der Waals surface area contributed by atoms with Crippen LogP contribution >= 0.6 is 7.60 Å². The van der Waals surface area contributed by atoms with E-state index in [2.05, 4.69) is 4.52 Å². The fraction of sp³-hybridized carbons (Fsp3) is 0.889. The Balaban J connectivity index is 4.37. The number of carboxylic acids is 1. The lowest BCUT2D eigenvalue weighted by Crippen LogP contribution is -2.23. The summed E-state index contributed by atoms with van der Waals surface area (Å²) in [6.45, 7) is 3.35. The Morgan fingerprint density at radius 1 is 1.56 bits per heavy atom. The molecule has 4 N–H and O–H groups in total. The number of hydrogen-bond donors (Lipinski definition) is 3. The SMILES string of the molecule is CCCCC(CP(=O)(O)OC(C)N)C(=O)O. The Morgan fingerprint density at radius 2 is 2.12 bits per heavy atom. The molecule has 0 aromatic carbocycles. The van der Waals surface area contributed by atoms with E-state index in [1.807, 2.05) is 6.92 Å². The molecule has 0 bridgehead atoms. The van der Waals surface area contributed by atoms with Crippen molar-refractivity contribution in [1.29, 1.82) is 0 Å². The van der Waals surface area contributed by atoms with Gasteiger partial charge in [0.1, 0.15) is 6.23 Å². The Kier molecular flexibility index (Phi) is 6.83. The molecule has 6 nitrogen and oxygen atoms in total. The minimum Gasteiger partial charge on any atom is -0.481 e. The summed E-state index contributed by atoms with van der Waals surface area (Å²) in [6.07, 6.45) is 0.655. The molecule has 0 amide bonds. The first-order chi connectivity index (χ1) is 7.28. The van der Waals surface area contributed by atoms with E-state index in [-0.39, 0.29) is 6.16 Å². The highest BCUT2D eigenvalue weighted by Crippen LogP contribution is 2.45. The Morgan fingerprint density at radius 3 is 2.50 bits per heavy atom. The van der Waals surface area contributed by atoms with Gasteiger partial charge in [0, 0.05) is 0 Å². The largest absolute Gasteiger partial charge is 0.481 e. The lowest BCUT2D eigenvalue weighted by molar-refractivity contribution is -0.141. The Bertz CT molecular complexity index is 269. The van der Waals surface area contributed by atoms with Crippen molar-refractivity contribution in [3.63, 3.8) is 0 Å². The summed E-state index contributed by atoms with van der Waals surface area (Å²) in [5, 5.41) is 8.88. The molecule has 0 saturated heterocycles. The van der Waals surface area contributed by atoms with Crippen LogP contribution in [0.4, 0.5) is 0 Å².